The Bertz CT molecular complexity index is 1110. The number of amides is 1. The molecule has 9 heteroatoms. The number of carbonyl (C=O) groups excluding carboxylic acids is 1. The van der Waals surface area contributed by atoms with Crippen LogP contribution in [-0.2, 0) is 11.5 Å². The smallest absolute Gasteiger partial charge is 0.258 e. The largest absolute Gasteiger partial charge is 0.367 e. The molecule has 1 N–H and O–H groups in total. The van der Waals surface area contributed by atoms with Gasteiger partial charge in [0.25, 0.3) is 5.89 Å². The van der Waals surface area contributed by atoms with Crippen molar-refractivity contribution >= 4 is 17.3 Å². The van der Waals surface area contributed by atoms with Gasteiger partial charge in [0.15, 0.2) is 12.5 Å². The summed E-state index contributed by atoms with van der Waals surface area (Å²) in [6.07, 6.45) is 1.49. The van der Waals surface area contributed by atoms with Crippen LogP contribution in [0.2, 0.25) is 0 Å². The zero-order valence-electron chi connectivity index (χ0n) is 20.1. The van der Waals surface area contributed by atoms with E-state index < -0.39 is 6.67 Å². The van der Waals surface area contributed by atoms with Crippen LogP contribution >= 0.6 is 0 Å². The molecule has 0 bridgehead atoms. The molecule has 4 rings (SSSR count). The molecule has 2 heterocycles. The molecular formula is C26H31F2N5O2. The summed E-state index contributed by atoms with van der Waals surface area (Å²) < 4.78 is 33.1. The fourth-order valence-corrected chi connectivity index (χ4v) is 4.56. The minimum atomic E-state index is -0.810. The topological polar surface area (TPSA) is 74.5 Å². The standard InChI is InChI=1S/C26H31F2N5O2/c1-3-18(4-2)26(34)29-20-10-11-22(21(28)16-20)32-12-14-33(15-13-32)24(19-8-6-5-7-9-19)25-30-23(17-27)35-31-25/h5-11,16,18,24H,3-4,12-15,17H2,1-2H3,(H,29,34). The maximum atomic E-state index is 15.0. The van der Waals surface area contributed by atoms with E-state index in [1.807, 2.05) is 49.1 Å². The van der Waals surface area contributed by atoms with E-state index in [9.17, 15) is 9.18 Å². The maximum Gasteiger partial charge on any atom is 0.258 e. The third kappa shape index (κ3) is 5.67. The summed E-state index contributed by atoms with van der Waals surface area (Å²) in [5.41, 5.74) is 1.95. The van der Waals surface area contributed by atoms with E-state index in [0.29, 0.717) is 43.4 Å². The number of halogens is 2. The second-order valence-corrected chi connectivity index (χ2v) is 8.69. The summed E-state index contributed by atoms with van der Waals surface area (Å²) in [5, 5.41) is 6.84. The quantitative estimate of drug-likeness (QED) is 0.464. The number of nitrogens with one attached hydrogen (secondary N) is 1. The SMILES string of the molecule is CCC(CC)C(=O)Nc1ccc(N2CCN(C(c3ccccc3)c3noc(CF)n3)CC2)c(F)c1. The van der Waals surface area contributed by atoms with Crippen molar-refractivity contribution in [1.29, 1.82) is 0 Å². The van der Waals surface area contributed by atoms with Crippen molar-refractivity contribution in [3.63, 3.8) is 0 Å². The Morgan fingerprint density at radius 2 is 1.80 bits per heavy atom. The molecule has 0 spiro atoms. The van der Waals surface area contributed by atoms with Crippen molar-refractivity contribution in [3.05, 3.63) is 71.6 Å². The lowest BCUT2D eigenvalue weighted by molar-refractivity contribution is -0.120. The predicted molar refractivity (Wildman–Crippen MR) is 130 cm³/mol. The predicted octanol–water partition coefficient (Wildman–Crippen LogP) is 4.96. The Hall–Kier alpha value is -3.33. The van der Waals surface area contributed by atoms with Crippen LogP contribution < -0.4 is 10.2 Å². The van der Waals surface area contributed by atoms with Crippen molar-refractivity contribution < 1.29 is 18.1 Å². The summed E-state index contributed by atoms with van der Waals surface area (Å²) in [7, 11) is 0. The monoisotopic (exact) mass is 483 g/mol. The highest BCUT2D eigenvalue weighted by Gasteiger charge is 2.30. The zero-order valence-corrected chi connectivity index (χ0v) is 20.1. The molecule has 1 aliphatic heterocycles. The van der Waals surface area contributed by atoms with Crippen molar-refractivity contribution in [1.82, 2.24) is 15.0 Å². The Morgan fingerprint density at radius 3 is 2.40 bits per heavy atom. The lowest BCUT2D eigenvalue weighted by atomic mass is 10.0. The van der Waals surface area contributed by atoms with Gasteiger partial charge in [0, 0.05) is 37.8 Å². The Morgan fingerprint density at radius 1 is 1.09 bits per heavy atom. The van der Waals surface area contributed by atoms with E-state index >= 15 is 4.39 Å². The number of hydrogen-bond donors (Lipinski definition) is 1. The van der Waals surface area contributed by atoms with Crippen LogP contribution in [0.15, 0.2) is 53.1 Å². The zero-order chi connectivity index (χ0) is 24.8. The third-order valence-electron chi connectivity index (χ3n) is 6.55. The van der Waals surface area contributed by atoms with Crippen LogP contribution in [0.4, 0.5) is 20.2 Å². The first-order valence-corrected chi connectivity index (χ1v) is 12.1. The highest BCUT2D eigenvalue weighted by atomic mass is 19.1. The van der Waals surface area contributed by atoms with E-state index in [2.05, 4.69) is 20.4 Å². The Labute approximate surface area is 204 Å². The number of alkyl halides is 1. The summed E-state index contributed by atoms with van der Waals surface area (Å²) in [6, 6.07) is 14.3. The maximum absolute atomic E-state index is 15.0. The molecule has 1 atom stereocenters. The molecule has 7 nitrogen and oxygen atoms in total. The van der Waals surface area contributed by atoms with E-state index in [4.69, 9.17) is 4.52 Å². The lowest BCUT2D eigenvalue weighted by Crippen LogP contribution is -2.48. The van der Waals surface area contributed by atoms with Crippen LogP contribution in [0.1, 0.15) is 50.0 Å². The third-order valence-corrected chi connectivity index (χ3v) is 6.55. The molecule has 0 aliphatic carbocycles. The summed E-state index contributed by atoms with van der Waals surface area (Å²) >= 11 is 0. The lowest BCUT2D eigenvalue weighted by Gasteiger charge is -2.39. The molecule has 1 saturated heterocycles. The molecule has 1 amide bonds. The average Bonchev–Trinajstić information content (AvgIpc) is 3.35. The van der Waals surface area contributed by atoms with Crippen molar-refractivity contribution in [2.24, 2.45) is 5.92 Å². The van der Waals surface area contributed by atoms with Crippen molar-refractivity contribution in [2.75, 3.05) is 36.4 Å². The van der Waals surface area contributed by atoms with Gasteiger partial charge in [0.1, 0.15) is 5.82 Å². The van der Waals surface area contributed by atoms with Gasteiger partial charge in [-0.3, -0.25) is 9.69 Å². The minimum Gasteiger partial charge on any atom is -0.367 e. The molecule has 2 aromatic carbocycles. The second kappa shape index (κ2) is 11.4. The normalized spacial score (nSPS) is 15.4. The molecule has 35 heavy (non-hydrogen) atoms. The highest BCUT2D eigenvalue weighted by Crippen LogP contribution is 2.30. The van der Waals surface area contributed by atoms with Gasteiger partial charge in [0.05, 0.1) is 11.7 Å². The molecule has 1 unspecified atom stereocenters. The molecule has 186 valence electrons. The van der Waals surface area contributed by atoms with Crippen LogP contribution in [0.5, 0.6) is 0 Å². The van der Waals surface area contributed by atoms with Gasteiger partial charge >= 0.3 is 0 Å². The number of benzene rings is 2. The van der Waals surface area contributed by atoms with Crippen LogP contribution in [0.25, 0.3) is 0 Å². The molecule has 1 aliphatic rings. The Kier molecular flexibility index (Phi) is 8.07. The molecule has 3 aromatic rings. The van der Waals surface area contributed by atoms with Gasteiger partial charge in [-0.2, -0.15) is 4.98 Å². The number of anilines is 2. The summed E-state index contributed by atoms with van der Waals surface area (Å²) in [5.74, 6) is -0.158. The van der Waals surface area contributed by atoms with Gasteiger partial charge in [0.2, 0.25) is 5.91 Å². The highest BCUT2D eigenvalue weighted by molar-refractivity contribution is 5.92. The number of hydrogen-bond acceptors (Lipinski definition) is 6. The molecule has 0 saturated carbocycles. The van der Waals surface area contributed by atoms with E-state index in [-0.39, 0.29) is 29.6 Å². The van der Waals surface area contributed by atoms with E-state index in [1.165, 1.54) is 6.07 Å². The average molecular weight is 484 g/mol. The van der Waals surface area contributed by atoms with Crippen molar-refractivity contribution in [3.8, 4) is 0 Å². The van der Waals surface area contributed by atoms with Gasteiger partial charge in [-0.1, -0.05) is 49.3 Å². The summed E-state index contributed by atoms with van der Waals surface area (Å²) in [4.78, 5) is 20.8. The summed E-state index contributed by atoms with van der Waals surface area (Å²) in [6.45, 7) is 5.57. The first kappa shape index (κ1) is 24.8. The number of nitrogens with zero attached hydrogens (tertiary/aromatic N) is 4. The first-order chi connectivity index (χ1) is 17.0. The fourth-order valence-electron chi connectivity index (χ4n) is 4.56. The van der Waals surface area contributed by atoms with Crippen LogP contribution in [-0.4, -0.2) is 47.1 Å². The second-order valence-electron chi connectivity index (χ2n) is 8.69. The first-order valence-electron chi connectivity index (χ1n) is 12.1. The van der Waals surface area contributed by atoms with Gasteiger partial charge in [-0.25, -0.2) is 8.78 Å². The van der Waals surface area contributed by atoms with Crippen LogP contribution in [0.3, 0.4) is 0 Å². The van der Waals surface area contributed by atoms with Gasteiger partial charge in [-0.15, -0.1) is 0 Å². The van der Waals surface area contributed by atoms with Crippen LogP contribution in [0, 0.1) is 11.7 Å². The fraction of sp³-hybridized carbons (Fsp3) is 0.423. The number of piperazine rings is 1. The minimum absolute atomic E-state index is 0.0435. The molecule has 0 radical (unpaired) electrons. The molecular weight excluding hydrogens is 452 g/mol. The number of rotatable bonds is 9. The number of carbonyl (C=O) groups is 1. The molecule has 1 aromatic heterocycles. The van der Waals surface area contributed by atoms with E-state index in [1.54, 1.807) is 12.1 Å². The van der Waals surface area contributed by atoms with Gasteiger partial charge < -0.3 is 14.7 Å². The number of aromatic nitrogens is 2. The Balaban J connectivity index is 1.45. The van der Waals surface area contributed by atoms with E-state index in [0.717, 1.165) is 18.4 Å². The van der Waals surface area contributed by atoms with Gasteiger partial charge in [-0.05, 0) is 36.6 Å². The molecule has 1 fully saturated rings. The van der Waals surface area contributed by atoms with Crippen molar-refractivity contribution in [2.45, 2.75) is 39.4 Å².